The molecule has 4 nitrogen and oxygen atoms in total. The van der Waals surface area contributed by atoms with E-state index >= 15 is 0 Å². The standard InChI is InChI=1S/C31H20FNO3S/c32-20-14-11-19(12-15-20)26-27(28(34)24-10-5-17-37-24)33-23-9-4-1-6-18(23)13-16-25(33)31(26)29(35)21-7-2-3-8-22(21)30(31)36/h1-17,25-27H/t25-,26+,27-/m0/s1. The Balaban J connectivity index is 1.56. The number of rotatable bonds is 3. The molecule has 0 N–H and O–H groups in total. The number of ketones is 3. The summed E-state index contributed by atoms with van der Waals surface area (Å²) in [6, 6.07) is 22.5. The Morgan fingerprint density at radius 1 is 0.838 bits per heavy atom. The minimum absolute atomic E-state index is 0.159. The van der Waals surface area contributed by atoms with Crippen LogP contribution in [-0.2, 0) is 0 Å². The van der Waals surface area contributed by atoms with Crippen LogP contribution in [0.5, 0.6) is 0 Å². The Labute approximate surface area is 216 Å². The number of hydrogen-bond acceptors (Lipinski definition) is 5. The van der Waals surface area contributed by atoms with Crippen molar-refractivity contribution in [2.45, 2.75) is 18.0 Å². The van der Waals surface area contributed by atoms with Gasteiger partial charge in [-0.15, -0.1) is 11.3 Å². The molecule has 180 valence electrons. The molecule has 0 amide bonds. The van der Waals surface area contributed by atoms with Crippen LogP contribution >= 0.6 is 11.3 Å². The van der Waals surface area contributed by atoms with Crippen molar-refractivity contribution in [1.29, 1.82) is 0 Å². The topological polar surface area (TPSA) is 54.5 Å². The third kappa shape index (κ3) is 2.84. The third-order valence-corrected chi connectivity index (χ3v) is 8.86. The smallest absolute Gasteiger partial charge is 0.195 e. The van der Waals surface area contributed by atoms with Crippen LogP contribution in [0.15, 0.2) is 96.4 Å². The van der Waals surface area contributed by atoms with Crippen molar-refractivity contribution in [2.75, 3.05) is 4.90 Å². The van der Waals surface area contributed by atoms with Gasteiger partial charge in [0.25, 0.3) is 0 Å². The first-order valence-electron chi connectivity index (χ1n) is 12.1. The Kier molecular flexibility index (Phi) is 4.72. The van der Waals surface area contributed by atoms with Crippen LogP contribution in [0.25, 0.3) is 6.08 Å². The number of hydrogen-bond donors (Lipinski definition) is 0. The van der Waals surface area contributed by atoms with Crippen LogP contribution in [-0.4, -0.2) is 29.4 Å². The number of benzene rings is 3. The first-order valence-corrected chi connectivity index (χ1v) is 13.0. The number of carbonyl (C=O) groups is 3. The predicted octanol–water partition coefficient (Wildman–Crippen LogP) is 6.20. The van der Waals surface area contributed by atoms with Gasteiger partial charge in [0.1, 0.15) is 17.3 Å². The molecule has 7 rings (SSSR count). The highest BCUT2D eigenvalue weighted by Gasteiger charge is 2.71. The van der Waals surface area contributed by atoms with E-state index in [9.17, 15) is 18.8 Å². The van der Waals surface area contributed by atoms with Gasteiger partial charge in [0, 0.05) is 22.7 Å². The van der Waals surface area contributed by atoms with E-state index in [-0.39, 0.29) is 17.3 Å². The molecule has 1 spiro atoms. The third-order valence-electron chi connectivity index (χ3n) is 7.97. The molecular weight excluding hydrogens is 485 g/mol. The average Bonchev–Trinajstić information content (AvgIpc) is 3.63. The van der Waals surface area contributed by atoms with E-state index in [4.69, 9.17) is 0 Å². The molecule has 1 saturated heterocycles. The van der Waals surface area contributed by atoms with Crippen molar-refractivity contribution in [3.8, 4) is 0 Å². The molecule has 0 radical (unpaired) electrons. The molecule has 0 bridgehead atoms. The maximum absolute atomic E-state index is 14.4. The summed E-state index contributed by atoms with van der Waals surface area (Å²) in [5, 5.41) is 1.84. The number of anilines is 1. The fourth-order valence-electron chi connectivity index (χ4n) is 6.53. The molecular formula is C31H20FNO3S. The number of thiophene rings is 1. The van der Waals surface area contributed by atoms with Gasteiger partial charge in [0.2, 0.25) is 0 Å². The molecule has 4 aromatic rings. The average molecular weight is 506 g/mol. The zero-order chi connectivity index (χ0) is 25.3. The van der Waals surface area contributed by atoms with E-state index in [0.29, 0.717) is 21.6 Å². The monoisotopic (exact) mass is 505 g/mol. The summed E-state index contributed by atoms with van der Waals surface area (Å²) in [6.07, 6.45) is 3.82. The van der Waals surface area contributed by atoms with E-state index < -0.39 is 29.2 Å². The van der Waals surface area contributed by atoms with E-state index in [1.165, 1.54) is 23.5 Å². The first-order chi connectivity index (χ1) is 18.0. The highest BCUT2D eigenvalue weighted by Crippen LogP contribution is 2.61. The molecule has 1 aliphatic carbocycles. The number of carbonyl (C=O) groups excluding carboxylic acids is 3. The molecule has 6 heteroatoms. The summed E-state index contributed by atoms with van der Waals surface area (Å²) < 4.78 is 14.1. The summed E-state index contributed by atoms with van der Waals surface area (Å²) in [5.74, 6) is -1.98. The SMILES string of the molecule is O=C(c1cccs1)[C@@H]1[C@@H](c2ccc(F)cc2)C2(C(=O)c3ccccc3C2=O)[C@@H]2C=Cc3ccccc3N12. The van der Waals surface area contributed by atoms with E-state index in [0.717, 1.165) is 11.3 Å². The lowest BCUT2D eigenvalue weighted by atomic mass is 9.64. The summed E-state index contributed by atoms with van der Waals surface area (Å²) in [5.41, 5.74) is 1.47. The molecule has 0 unspecified atom stereocenters. The zero-order valence-corrected chi connectivity index (χ0v) is 20.3. The van der Waals surface area contributed by atoms with Crippen LogP contribution in [0.4, 0.5) is 10.1 Å². The fourth-order valence-corrected chi connectivity index (χ4v) is 7.22. The second-order valence-electron chi connectivity index (χ2n) is 9.66. The minimum Gasteiger partial charge on any atom is -0.352 e. The van der Waals surface area contributed by atoms with Crippen molar-refractivity contribution in [1.82, 2.24) is 0 Å². The van der Waals surface area contributed by atoms with E-state index in [1.54, 1.807) is 42.5 Å². The molecule has 3 heterocycles. The molecule has 0 saturated carbocycles. The molecule has 1 fully saturated rings. The van der Waals surface area contributed by atoms with Crippen LogP contribution in [0.2, 0.25) is 0 Å². The number of halogens is 1. The van der Waals surface area contributed by atoms with Crippen LogP contribution in [0.3, 0.4) is 0 Å². The summed E-state index contributed by atoms with van der Waals surface area (Å²) in [7, 11) is 0. The number of para-hydroxylation sites is 1. The van der Waals surface area contributed by atoms with E-state index in [2.05, 4.69) is 0 Å². The van der Waals surface area contributed by atoms with Crippen LogP contribution in [0, 0.1) is 11.2 Å². The molecule has 3 aromatic carbocycles. The van der Waals surface area contributed by atoms with Crippen LogP contribution < -0.4 is 4.90 Å². The maximum atomic E-state index is 14.4. The Hall–Kier alpha value is -4.16. The van der Waals surface area contributed by atoms with Gasteiger partial charge in [-0.3, -0.25) is 14.4 Å². The van der Waals surface area contributed by atoms with Gasteiger partial charge in [-0.25, -0.2) is 4.39 Å². The van der Waals surface area contributed by atoms with Gasteiger partial charge in [0.15, 0.2) is 17.3 Å². The molecule has 1 aromatic heterocycles. The predicted molar refractivity (Wildman–Crippen MR) is 141 cm³/mol. The zero-order valence-electron chi connectivity index (χ0n) is 19.5. The molecule has 3 atom stereocenters. The van der Waals surface area contributed by atoms with Gasteiger partial charge >= 0.3 is 0 Å². The summed E-state index contributed by atoms with van der Waals surface area (Å²) >= 11 is 1.33. The van der Waals surface area contributed by atoms with E-state index in [1.807, 2.05) is 52.8 Å². The second-order valence-corrected chi connectivity index (χ2v) is 10.6. The number of Topliss-reactive ketones (excluding diaryl/α,β-unsaturated/α-hetero) is 3. The van der Waals surface area contributed by atoms with Crippen molar-refractivity contribution in [3.05, 3.63) is 129 Å². The largest absolute Gasteiger partial charge is 0.352 e. The molecule has 3 aliphatic rings. The number of fused-ring (bicyclic) bond motifs is 5. The normalized spacial score (nSPS) is 22.7. The maximum Gasteiger partial charge on any atom is 0.195 e. The Morgan fingerprint density at radius 3 is 2.19 bits per heavy atom. The molecule has 2 aliphatic heterocycles. The van der Waals surface area contributed by atoms with Gasteiger partial charge < -0.3 is 4.90 Å². The van der Waals surface area contributed by atoms with Crippen molar-refractivity contribution >= 4 is 40.4 Å². The molecule has 37 heavy (non-hydrogen) atoms. The lowest BCUT2D eigenvalue weighted by Crippen LogP contribution is -2.48. The number of nitrogens with zero attached hydrogens (tertiary/aromatic N) is 1. The highest BCUT2D eigenvalue weighted by molar-refractivity contribution is 7.12. The Morgan fingerprint density at radius 2 is 1.51 bits per heavy atom. The van der Waals surface area contributed by atoms with Gasteiger partial charge in [-0.1, -0.05) is 72.8 Å². The summed E-state index contributed by atoms with van der Waals surface area (Å²) in [4.78, 5) is 45.7. The lowest BCUT2D eigenvalue weighted by molar-refractivity contribution is 0.0666. The van der Waals surface area contributed by atoms with Crippen LogP contribution in [0.1, 0.15) is 47.4 Å². The minimum atomic E-state index is -1.57. The lowest BCUT2D eigenvalue weighted by Gasteiger charge is -2.37. The van der Waals surface area contributed by atoms with Crippen molar-refractivity contribution in [2.24, 2.45) is 5.41 Å². The van der Waals surface area contributed by atoms with Gasteiger partial charge in [-0.2, -0.15) is 0 Å². The highest BCUT2D eigenvalue weighted by atomic mass is 32.1. The van der Waals surface area contributed by atoms with Gasteiger partial charge in [-0.05, 0) is 40.8 Å². The summed E-state index contributed by atoms with van der Waals surface area (Å²) in [6.45, 7) is 0. The van der Waals surface area contributed by atoms with Gasteiger partial charge in [0.05, 0.1) is 10.9 Å². The van der Waals surface area contributed by atoms with Crippen molar-refractivity contribution < 1.29 is 18.8 Å². The quantitative estimate of drug-likeness (QED) is 0.246. The van der Waals surface area contributed by atoms with Crippen molar-refractivity contribution in [3.63, 3.8) is 0 Å². The fraction of sp³-hybridized carbons (Fsp3) is 0.129. The first kappa shape index (κ1) is 22.1. The second kappa shape index (κ2) is 7.92. The Bertz CT molecular complexity index is 1590.